The van der Waals surface area contributed by atoms with E-state index in [4.69, 9.17) is 9.84 Å². The van der Waals surface area contributed by atoms with Gasteiger partial charge in [0.2, 0.25) is 0 Å². The van der Waals surface area contributed by atoms with Crippen LogP contribution in [0.3, 0.4) is 0 Å². The van der Waals surface area contributed by atoms with E-state index >= 15 is 0 Å². The van der Waals surface area contributed by atoms with Crippen molar-refractivity contribution in [1.29, 1.82) is 0 Å². The number of anilines is 1. The average Bonchev–Trinajstić information content (AvgIpc) is 2.54. The van der Waals surface area contributed by atoms with Crippen molar-refractivity contribution in [3.8, 4) is 0 Å². The van der Waals surface area contributed by atoms with Gasteiger partial charge in [0.15, 0.2) is 0 Å². The molecule has 0 saturated carbocycles. The monoisotopic (exact) mass is 330 g/mol. The summed E-state index contributed by atoms with van der Waals surface area (Å²) in [5.41, 5.74) is 0.623. The summed E-state index contributed by atoms with van der Waals surface area (Å²) < 4.78 is 5.01. The Kier molecular flexibility index (Phi) is 5.45. The van der Waals surface area contributed by atoms with E-state index in [0.29, 0.717) is 0 Å². The highest BCUT2D eigenvalue weighted by atomic mass is 16.6. The molecule has 0 aliphatic heterocycles. The van der Waals surface area contributed by atoms with Gasteiger partial charge in [-0.3, -0.25) is 20.2 Å². The van der Waals surface area contributed by atoms with Gasteiger partial charge in [-0.15, -0.1) is 0 Å². The zero-order valence-corrected chi connectivity index (χ0v) is 12.5. The lowest BCUT2D eigenvalue weighted by molar-refractivity contribution is -0.385. The molecule has 8 nitrogen and oxygen atoms in total. The van der Waals surface area contributed by atoms with E-state index in [1.807, 2.05) is 6.07 Å². The maximum Gasteiger partial charge on any atom is 0.411 e. The Morgan fingerprint density at radius 1 is 1.17 bits per heavy atom. The third-order valence-electron chi connectivity index (χ3n) is 3.08. The summed E-state index contributed by atoms with van der Waals surface area (Å²) in [6.45, 7) is 0.0614. The standard InChI is InChI=1S/C16H14N2O6/c19-15(20)8-12-6-7-13(9-14(12)18(22)23)17-16(21)24-10-11-4-2-1-3-5-11/h1-7,9H,8,10H2,(H,17,21)(H,19,20). The summed E-state index contributed by atoms with van der Waals surface area (Å²) >= 11 is 0. The first-order valence-corrected chi connectivity index (χ1v) is 6.92. The number of ether oxygens (including phenoxy) is 1. The number of hydrogen-bond donors (Lipinski definition) is 2. The van der Waals surface area contributed by atoms with Crippen LogP contribution in [0.4, 0.5) is 16.2 Å². The van der Waals surface area contributed by atoms with E-state index in [0.717, 1.165) is 11.6 Å². The molecule has 8 heteroatoms. The number of benzene rings is 2. The second-order valence-electron chi connectivity index (χ2n) is 4.86. The van der Waals surface area contributed by atoms with Gasteiger partial charge in [0.25, 0.3) is 5.69 Å². The van der Waals surface area contributed by atoms with Gasteiger partial charge in [0.1, 0.15) is 6.61 Å². The number of carboxylic acid groups (broad SMARTS) is 1. The molecule has 124 valence electrons. The van der Waals surface area contributed by atoms with Crippen molar-refractivity contribution in [2.24, 2.45) is 0 Å². The molecule has 0 unspecified atom stereocenters. The van der Waals surface area contributed by atoms with Crippen LogP contribution in [-0.2, 0) is 22.6 Å². The summed E-state index contributed by atoms with van der Waals surface area (Å²) in [5.74, 6) is -1.18. The molecule has 0 aliphatic rings. The maximum atomic E-state index is 11.7. The number of nitrogens with zero attached hydrogens (tertiary/aromatic N) is 1. The Hall–Kier alpha value is -3.42. The van der Waals surface area contributed by atoms with E-state index < -0.39 is 23.4 Å². The first kappa shape index (κ1) is 16.9. The van der Waals surface area contributed by atoms with Crippen LogP contribution in [0.5, 0.6) is 0 Å². The zero-order valence-electron chi connectivity index (χ0n) is 12.5. The van der Waals surface area contributed by atoms with E-state index in [9.17, 15) is 19.7 Å². The Morgan fingerprint density at radius 3 is 2.50 bits per heavy atom. The predicted molar refractivity (Wildman–Crippen MR) is 84.7 cm³/mol. The van der Waals surface area contributed by atoms with Gasteiger partial charge in [-0.05, 0) is 17.7 Å². The molecule has 0 saturated heterocycles. The molecule has 24 heavy (non-hydrogen) atoms. The highest BCUT2D eigenvalue weighted by molar-refractivity contribution is 5.85. The molecule has 2 N–H and O–H groups in total. The summed E-state index contributed by atoms with van der Waals surface area (Å²) in [6, 6.07) is 12.8. The van der Waals surface area contributed by atoms with Gasteiger partial charge in [0, 0.05) is 11.6 Å². The van der Waals surface area contributed by atoms with E-state index in [1.165, 1.54) is 12.1 Å². The number of carboxylic acids is 1. The van der Waals surface area contributed by atoms with Gasteiger partial charge >= 0.3 is 12.1 Å². The summed E-state index contributed by atoms with van der Waals surface area (Å²) in [4.78, 5) is 32.8. The summed E-state index contributed by atoms with van der Waals surface area (Å²) in [5, 5.41) is 22.1. The van der Waals surface area contributed by atoms with E-state index in [-0.39, 0.29) is 23.5 Å². The van der Waals surface area contributed by atoms with Gasteiger partial charge in [-0.25, -0.2) is 4.79 Å². The Balaban J connectivity index is 2.03. The maximum absolute atomic E-state index is 11.7. The molecule has 0 radical (unpaired) electrons. The van der Waals surface area contributed by atoms with E-state index in [2.05, 4.69) is 5.32 Å². The topological polar surface area (TPSA) is 119 Å². The third kappa shape index (κ3) is 4.80. The van der Waals surface area contributed by atoms with Crippen LogP contribution in [0.1, 0.15) is 11.1 Å². The molecule has 2 rings (SSSR count). The second-order valence-corrected chi connectivity index (χ2v) is 4.86. The van der Waals surface area contributed by atoms with Crippen molar-refractivity contribution in [2.45, 2.75) is 13.0 Å². The normalized spacial score (nSPS) is 10.0. The quantitative estimate of drug-likeness (QED) is 0.621. The largest absolute Gasteiger partial charge is 0.481 e. The number of hydrogen-bond acceptors (Lipinski definition) is 5. The molecular weight excluding hydrogens is 316 g/mol. The van der Waals surface area contributed by atoms with Gasteiger partial charge < -0.3 is 9.84 Å². The number of nitrogens with one attached hydrogen (secondary N) is 1. The van der Waals surface area contributed by atoms with Crippen molar-refractivity contribution >= 4 is 23.4 Å². The van der Waals surface area contributed by atoms with Crippen LogP contribution in [0.15, 0.2) is 48.5 Å². The minimum absolute atomic E-state index is 0.0516. The zero-order chi connectivity index (χ0) is 17.5. The lowest BCUT2D eigenvalue weighted by atomic mass is 10.1. The lowest BCUT2D eigenvalue weighted by Gasteiger charge is -2.08. The second kappa shape index (κ2) is 7.73. The number of amides is 1. The van der Waals surface area contributed by atoms with Gasteiger partial charge in [-0.1, -0.05) is 30.3 Å². The van der Waals surface area contributed by atoms with Crippen LogP contribution in [0.25, 0.3) is 0 Å². The smallest absolute Gasteiger partial charge is 0.411 e. The molecule has 2 aromatic rings. The van der Waals surface area contributed by atoms with Crippen LogP contribution in [-0.4, -0.2) is 22.1 Å². The Morgan fingerprint density at radius 2 is 1.88 bits per heavy atom. The lowest BCUT2D eigenvalue weighted by Crippen LogP contribution is -2.14. The molecule has 0 aromatic heterocycles. The number of nitro groups is 1. The minimum atomic E-state index is -1.18. The fraction of sp³-hybridized carbons (Fsp3) is 0.125. The number of rotatable bonds is 6. The number of nitro benzene ring substituents is 1. The van der Waals surface area contributed by atoms with Gasteiger partial charge in [-0.2, -0.15) is 0 Å². The van der Waals surface area contributed by atoms with Crippen molar-refractivity contribution in [3.05, 3.63) is 69.8 Å². The summed E-state index contributed by atoms with van der Waals surface area (Å²) in [7, 11) is 0. The molecule has 0 aliphatic carbocycles. The van der Waals surface area contributed by atoms with Crippen LogP contribution in [0, 0.1) is 10.1 Å². The average molecular weight is 330 g/mol. The van der Waals surface area contributed by atoms with E-state index in [1.54, 1.807) is 24.3 Å². The van der Waals surface area contributed by atoms with Gasteiger partial charge in [0.05, 0.1) is 17.0 Å². The van der Waals surface area contributed by atoms with Crippen molar-refractivity contribution < 1.29 is 24.4 Å². The third-order valence-corrected chi connectivity index (χ3v) is 3.08. The molecule has 0 bridgehead atoms. The summed E-state index contributed by atoms with van der Waals surface area (Å²) in [6.07, 6.45) is -1.24. The first-order chi connectivity index (χ1) is 11.5. The van der Waals surface area contributed by atoms with Crippen molar-refractivity contribution in [2.75, 3.05) is 5.32 Å². The molecule has 0 fully saturated rings. The molecular formula is C16H14N2O6. The molecule has 0 atom stereocenters. The molecule has 2 aromatic carbocycles. The number of carbonyl (C=O) groups is 2. The van der Waals surface area contributed by atoms with Crippen LogP contribution >= 0.6 is 0 Å². The highest BCUT2D eigenvalue weighted by Gasteiger charge is 2.17. The fourth-order valence-corrected chi connectivity index (χ4v) is 2.00. The number of aliphatic carboxylic acids is 1. The first-order valence-electron chi connectivity index (χ1n) is 6.92. The van der Waals surface area contributed by atoms with Crippen molar-refractivity contribution in [1.82, 2.24) is 0 Å². The Labute approximate surface area is 136 Å². The van der Waals surface area contributed by atoms with Crippen LogP contribution < -0.4 is 5.32 Å². The van der Waals surface area contributed by atoms with Crippen molar-refractivity contribution in [3.63, 3.8) is 0 Å². The fourth-order valence-electron chi connectivity index (χ4n) is 2.00. The minimum Gasteiger partial charge on any atom is -0.481 e. The molecule has 0 spiro atoms. The highest BCUT2D eigenvalue weighted by Crippen LogP contribution is 2.24. The van der Waals surface area contributed by atoms with Crippen LogP contribution in [0.2, 0.25) is 0 Å². The Bertz CT molecular complexity index is 760. The number of carbonyl (C=O) groups excluding carboxylic acids is 1. The molecule has 0 heterocycles. The SMILES string of the molecule is O=C(O)Cc1ccc(NC(=O)OCc2ccccc2)cc1[N+](=O)[O-]. The molecule has 1 amide bonds. The predicted octanol–water partition coefficient (Wildman–Crippen LogP) is 2.97.